The van der Waals surface area contributed by atoms with Gasteiger partial charge >= 0.3 is 5.97 Å². The second-order valence-corrected chi connectivity index (χ2v) is 18.9. The number of carbonyl (C=O) groups excluding carboxylic acids is 1. The number of fused-ring (bicyclic) bond motifs is 8. The standard InChI is InChI=1S/C46H58N2O3/c1-28(2)33-18-23-46(41(51)47-27-32-26-31-10-8-9-11-36(31)48-32)25-24-44(6)35(39(33)46)16-17-38-43(5)21-19-34(29-12-14-30(15-13-29)40(49)50)42(3,4)37(43)20-22-45(38,44)7/h8-15,19,33,35,37-39H,1,16-18,20-27H2,2-7H3,(H,47,51)(H,49,50)/t33-,35+,37-,38+,39+,43-,44+,45+,46-/m0/s1. The Balaban J connectivity index is 1.08. The van der Waals surface area contributed by atoms with Crippen molar-refractivity contribution >= 4 is 28.8 Å². The predicted octanol–water partition coefficient (Wildman–Crippen LogP) is 10.5. The van der Waals surface area contributed by atoms with Gasteiger partial charge in [-0.1, -0.05) is 83.2 Å². The van der Waals surface area contributed by atoms with E-state index in [4.69, 9.17) is 4.99 Å². The van der Waals surface area contributed by atoms with E-state index in [1.54, 1.807) is 12.1 Å². The number of rotatable bonds is 6. The van der Waals surface area contributed by atoms with Crippen LogP contribution in [0.2, 0.25) is 0 Å². The van der Waals surface area contributed by atoms with Crippen LogP contribution in [0.25, 0.3) is 5.57 Å². The molecule has 6 aliphatic rings. The number of carboxylic acids is 1. The van der Waals surface area contributed by atoms with Gasteiger partial charge in [0.05, 0.1) is 23.2 Å². The van der Waals surface area contributed by atoms with E-state index in [0.29, 0.717) is 41.7 Å². The highest BCUT2D eigenvalue weighted by Crippen LogP contribution is 2.77. The van der Waals surface area contributed by atoms with Crippen LogP contribution in [0.4, 0.5) is 5.69 Å². The molecule has 5 heteroatoms. The summed E-state index contributed by atoms with van der Waals surface area (Å²) in [6, 6.07) is 15.9. The minimum Gasteiger partial charge on any atom is -0.478 e. The topological polar surface area (TPSA) is 78.8 Å². The fraction of sp³-hybridized carbons (Fsp3) is 0.587. The monoisotopic (exact) mass is 686 g/mol. The molecule has 1 aliphatic heterocycles. The van der Waals surface area contributed by atoms with Crippen LogP contribution < -0.4 is 5.32 Å². The average molecular weight is 687 g/mol. The van der Waals surface area contributed by atoms with Crippen LogP contribution in [0, 0.1) is 56.7 Å². The number of allylic oxidation sites excluding steroid dienone is 3. The van der Waals surface area contributed by atoms with E-state index < -0.39 is 5.97 Å². The summed E-state index contributed by atoms with van der Waals surface area (Å²) in [4.78, 5) is 31.1. The zero-order valence-corrected chi connectivity index (χ0v) is 31.8. The molecule has 5 nitrogen and oxygen atoms in total. The molecule has 0 saturated heterocycles. The summed E-state index contributed by atoms with van der Waals surface area (Å²) in [5.74, 6) is 1.79. The Morgan fingerprint density at radius 1 is 0.882 bits per heavy atom. The molecule has 1 heterocycles. The fourth-order valence-electron chi connectivity index (χ4n) is 14.1. The zero-order chi connectivity index (χ0) is 36.1. The highest BCUT2D eigenvalue weighted by Gasteiger charge is 2.71. The smallest absolute Gasteiger partial charge is 0.335 e. The maximum absolute atomic E-state index is 14.6. The van der Waals surface area contributed by atoms with Crippen molar-refractivity contribution in [3.63, 3.8) is 0 Å². The van der Waals surface area contributed by atoms with Gasteiger partial charge in [-0.3, -0.25) is 9.79 Å². The van der Waals surface area contributed by atoms with Gasteiger partial charge in [-0.05, 0) is 151 Å². The Bertz CT molecular complexity index is 1850. The molecule has 9 atom stereocenters. The highest BCUT2D eigenvalue weighted by atomic mass is 16.4. The molecule has 5 aliphatic carbocycles. The third kappa shape index (κ3) is 4.88. The number of aliphatic imine (C=N–C) groups is 1. The molecular weight excluding hydrogens is 629 g/mol. The predicted molar refractivity (Wildman–Crippen MR) is 206 cm³/mol. The van der Waals surface area contributed by atoms with Crippen molar-refractivity contribution in [2.24, 2.45) is 61.7 Å². The Morgan fingerprint density at radius 2 is 1.63 bits per heavy atom. The summed E-state index contributed by atoms with van der Waals surface area (Å²) in [6.07, 6.45) is 13.4. The average Bonchev–Trinajstić information content (AvgIpc) is 3.70. The second-order valence-electron chi connectivity index (χ2n) is 18.9. The maximum atomic E-state index is 14.6. The molecule has 0 bridgehead atoms. The van der Waals surface area contributed by atoms with Crippen LogP contribution in [0.3, 0.4) is 0 Å². The first-order valence-electron chi connectivity index (χ1n) is 19.8. The minimum atomic E-state index is -0.875. The maximum Gasteiger partial charge on any atom is 0.335 e. The lowest BCUT2D eigenvalue weighted by atomic mass is 9.32. The van der Waals surface area contributed by atoms with Gasteiger partial charge in [0, 0.05) is 12.1 Å². The normalized spacial score (nSPS) is 38.9. The van der Waals surface area contributed by atoms with Gasteiger partial charge in [-0.25, -0.2) is 4.79 Å². The third-order valence-corrected chi connectivity index (χ3v) is 16.7. The summed E-state index contributed by atoms with van der Waals surface area (Å²) >= 11 is 0. The molecule has 4 saturated carbocycles. The van der Waals surface area contributed by atoms with E-state index in [2.05, 4.69) is 77.7 Å². The molecule has 51 heavy (non-hydrogen) atoms. The number of nitrogens with one attached hydrogen (secondary N) is 1. The molecule has 0 aromatic heterocycles. The van der Waals surface area contributed by atoms with Crippen LogP contribution in [0.5, 0.6) is 0 Å². The van der Waals surface area contributed by atoms with Crippen LogP contribution in [0.15, 0.2) is 71.8 Å². The highest BCUT2D eigenvalue weighted by molar-refractivity contribution is 5.98. The number of hydrogen-bond donors (Lipinski definition) is 2. The number of amides is 1. The zero-order valence-electron chi connectivity index (χ0n) is 31.8. The quantitative estimate of drug-likeness (QED) is 0.297. The van der Waals surface area contributed by atoms with E-state index in [1.807, 2.05) is 18.2 Å². The number of hydrogen-bond acceptors (Lipinski definition) is 3. The summed E-state index contributed by atoms with van der Waals surface area (Å²) in [5, 5.41) is 13.0. The van der Waals surface area contributed by atoms with Crippen LogP contribution in [0.1, 0.15) is 121 Å². The fourth-order valence-corrected chi connectivity index (χ4v) is 14.1. The number of aromatic carboxylic acids is 1. The molecule has 270 valence electrons. The molecule has 4 fully saturated rings. The van der Waals surface area contributed by atoms with Gasteiger partial charge in [0.1, 0.15) is 0 Å². The lowest BCUT2D eigenvalue weighted by Gasteiger charge is -2.72. The minimum absolute atomic E-state index is 0.0158. The molecule has 0 radical (unpaired) electrons. The molecule has 2 N–H and O–H groups in total. The van der Waals surface area contributed by atoms with Crippen LogP contribution >= 0.6 is 0 Å². The Morgan fingerprint density at radius 3 is 2.33 bits per heavy atom. The van der Waals surface area contributed by atoms with Gasteiger partial charge in [-0.15, -0.1) is 0 Å². The number of nitrogens with zero attached hydrogens (tertiary/aromatic N) is 1. The molecule has 2 aromatic carbocycles. The summed E-state index contributed by atoms with van der Waals surface area (Å²) in [7, 11) is 0. The molecule has 2 aromatic rings. The lowest BCUT2D eigenvalue weighted by Crippen LogP contribution is -2.66. The first kappa shape index (κ1) is 34.6. The SMILES string of the molecule is C=C(C)[C@@H]1CC[C@]2(C(=O)NCC3=Nc4ccccc4C3)CC[C@]3(C)[C@H](CC[C@@H]4[C@@]5(C)CC=C(c6ccc(C(=O)O)cc6)C(C)(C)[C@@H]5CC[C@]43C)[C@@H]12. The van der Waals surface area contributed by atoms with Crippen molar-refractivity contribution in [2.45, 2.75) is 106 Å². The van der Waals surface area contributed by atoms with Crippen LogP contribution in [-0.4, -0.2) is 29.2 Å². The molecule has 8 rings (SSSR count). The van der Waals surface area contributed by atoms with Crippen molar-refractivity contribution < 1.29 is 14.7 Å². The second kappa shape index (κ2) is 11.8. The summed E-state index contributed by atoms with van der Waals surface area (Å²) in [6.45, 7) is 20.1. The Kier molecular flexibility index (Phi) is 7.99. The van der Waals surface area contributed by atoms with E-state index >= 15 is 0 Å². The summed E-state index contributed by atoms with van der Waals surface area (Å²) in [5.41, 5.74) is 7.71. The van der Waals surface area contributed by atoms with E-state index in [0.717, 1.165) is 55.5 Å². The van der Waals surface area contributed by atoms with Gasteiger partial charge in [0.15, 0.2) is 0 Å². The van der Waals surface area contributed by atoms with Gasteiger partial charge in [0.2, 0.25) is 5.91 Å². The third-order valence-electron chi connectivity index (χ3n) is 16.7. The molecular formula is C46H58N2O3. The number of para-hydroxylation sites is 1. The Hall–Kier alpha value is -3.47. The summed E-state index contributed by atoms with van der Waals surface area (Å²) < 4.78 is 0. The van der Waals surface area contributed by atoms with Crippen molar-refractivity contribution in [3.8, 4) is 0 Å². The molecule has 0 unspecified atom stereocenters. The van der Waals surface area contributed by atoms with Crippen LogP contribution in [-0.2, 0) is 11.2 Å². The number of benzene rings is 2. The first-order chi connectivity index (χ1) is 24.2. The molecule has 0 spiro atoms. The number of carboxylic acid groups (broad SMARTS) is 1. The van der Waals surface area contributed by atoms with Crippen molar-refractivity contribution in [3.05, 3.63) is 83.4 Å². The largest absolute Gasteiger partial charge is 0.478 e. The van der Waals surface area contributed by atoms with Crippen molar-refractivity contribution in [1.82, 2.24) is 5.32 Å². The van der Waals surface area contributed by atoms with E-state index in [9.17, 15) is 14.7 Å². The van der Waals surface area contributed by atoms with Gasteiger partial charge in [0.25, 0.3) is 0 Å². The van der Waals surface area contributed by atoms with Gasteiger partial charge < -0.3 is 10.4 Å². The van der Waals surface area contributed by atoms with Crippen molar-refractivity contribution in [2.75, 3.05) is 6.54 Å². The van der Waals surface area contributed by atoms with E-state index in [1.165, 1.54) is 42.4 Å². The lowest BCUT2D eigenvalue weighted by molar-refractivity contribution is -0.225. The Labute approximate surface area is 305 Å². The van der Waals surface area contributed by atoms with Crippen molar-refractivity contribution in [1.29, 1.82) is 0 Å². The molecule has 1 amide bonds. The number of carbonyl (C=O) groups is 2. The van der Waals surface area contributed by atoms with E-state index in [-0.39, 0.29) is 33.0 Å². The van der Waals surface area contributed by atoms with Gasteiger partial charge in [-0.2, -0.15) is 0 Å². The first-order valence-corrected chi connectivity index (χ1v) is 19.8.